The van der Waals surface area contributed by atoms with E-state index in [4.69, 9.17) is 14.6 Å². The zero-order chi connectivity index (χ0) is 16.1. The van der Waals surface area contributed by atoms with Crippen LogP contribution < -0.4 is 0 Å². The maximum atomic E-state index is 11.0. The van der Waals surface area contributed by atoms with Crippen LogP contribution in [0.15, 0.2) is 0 Å². The maximum absolute atomic E-state index is 11.0. The number of aliphatic carboxylic acids is 1. The molecule has 0 saturated heterocycles. The van der Waals surface area contributed by atoms with Crippen LogP contribution in [0.3, 0.4) is 0 Å². The van der Waals surface area contributed by atoms with E-state index in [0.717, 1.165) is 38.5 Å². The van der Waals surface area contributed by atoms with Crippen molar-refractivity contribution in [3.63, 3.8) is 0 Å². The van der Waals surface area contributed by atoms with Crippen molar-refractivity contribution in [2.75, 3.05) is 6.61 Å². The van der Waals surface area contributed by atoms with Gasteiger partial charge >= 0.3 is 17.9 Å². The lowest BCUT2D eigenvalue weighted by molar-refractivity contribution is -0.156. The molecule has 0 amide bonds. The summed E-state index contributed by atoms with van der Waals surface area (Å²) in [5, 5.41) is 8.50. The zero-order valence-corrected chi connectivity index (χ0v) is 12.9. The number of unbranched alkanes of at least 4 members (excludes halogenated alkanes) is 5. The molecule has 1 N–H and O–H groups in total. The lowest BCUT2D eigenvalue weighted by atomic mass is 10.1. The highest BCUT2D eigenvalue weighted by atomic mass is 16.6. The Kier molecular flexibility index (Phi) is 11.3. The molecule has 0 bridgehead atoms. The summed E-state index contributed by atoms with van der Waals surface area (Å²) in [4.78, 5) is 32.0. The quantitative estimate of drug-likeness (QED) is 0.440. The van der Waals surface area contributed by atoms with Crippen LogP contribution in [0.25, 0.3) is 0 Å². The fourth-order valence-electron chi connectivity index (χ4n) is 1.98. The topological polar surface area (TPSA) is 89.9 Å². The van der Waals surface area contributed by atoms with Gasteiger partial charge in [0.2, 0.25) is 0 Å². The van der Waals surface area contributed by atoms with E-state index >= 15 is 0 Å². The second kappa shape index (κ2) is 12.2. The first-order chi connectivity index (χ1) is 9.91. The normalized spacial score (nSPS) is 11.7. The molecule has 0 aromatic heterocycles. The standard InChI is InChI=1S/C15H26O6/c1-12(16)20-11-14(21-13(2)17)9-7-5-3-4-6-8-10-15(18)19/h14H,3-11H2,1-2H3,(H,18,19). The molecule has 0 aromatic carbocycles. The highest BCUT2D eigenvalue weighted by molar-refractivity contribution is 5.67. The van der Waals surface area contributed by atoms with Crippen molar-refractivity contribution in [1.29, 1.82) is 0 Å². The van der Waals surface area contributed by atoms with Gasteiger partial charge in [0.1, 0.15) is 12.7 Å². The molecule has 0 heterocycles. The molecule has 1 atom stereocenters. The summed E-state index contributed by atoms with van der Waals surface area (Å²) in [6, 6.07) is 0. The summed E-state index contributed by atoms with van der Waals surface area (Å²) in [5.74, 6) is -1.50. The van der Waals surface area contributed by atoms with E-state index in [0.29, 0.717) is 6.42 Å². The van der Waals surface area contributed by atoms with Crippen LogP contribution >= 0.6 is 0 Å². The summed E-state index contributed by atoms with van der Waals surface area (Å²) >= 11 is 0. The monoisotopic (exact) mass is 302 g/mol. The van der Waals surface area contributed by atoms with Crippen LogP contribution in [0.2, 0.25) is 0 Å². The number of carboxylic acid groups (broad SMARTS) is 1. The van der Waals surface area contributed by atoms with E-state index < -0.39 is 5.97 Å². The first kappa shape index (κ1) is 19.4. The summed E-state index contributed by atoms with van der Waals surface area (Å²) in [6.45, 7) is 2.76. The summed E-state index contributed by atoms with van der Waals surface area (Å²) in [7, 11) is 0. The van der Waals surface area contributed by atoms with Crippen LogP contribution in [0.4, 0.5) is 0 Å². The Labute approximate surface area is 125 Å². The van der Waals surface area contributed by atoms with Crippen LogP contribution in [0.5, 0.6) is 0 Å². The fraction of sp³-hybridized carbons (Fsp3) is 0.800. The van der Waals surface area contributed by atoms with E-state index in [1.807, 2.05) is 0 Å². The minimum absolute atomic E-state index is 0.105. The van der Waals surface area contributed by atoms with Gasteiger partial charge < -0.3 is 14.6 Å². The molecular formula is C15H26O6. The molecule has 0 aromatic rings. The highest BCUT2D eigenvalue weighted by Gasteiger charge is 2.13. The van der Waals surface area contributed by atoms with Gasteiger partial charge in [0.15, 0.2) is 0 Å². The number of rotatable bonds is 12. The third-order valence-corrected chi connectivity index (χ3v) is 2.97. The zero-order valence-electron chi connectivity index (χ0n) is 12.9. The molecule has 0 aliphatic carbocycles. The molecule has 0 rings (SSSR count). The minimum atomic E-state index is -0.746. The van der Waals surface area contributed by atoms with Gasteiger partial charge in [-0.25, -0.2) is 0 Å². The van der Waals surface area contributed by atoms with Gasteiger partial charge in [-0.15, -0.1) is 0 Å². The Bertz CT molecular complexity index is 326. The van der Waals surface area contributed by atoms with Gasteiger partial charge in [0.25, 0.3) is 0 Å². The Morgan fingerprint density at radius 3 is 2.00 bits per heavy atom. The van der Waals surface area contributed by atoms with E-state index in [1.165, 1.54) is 13.8 Å². The molecule has 122 valence electrons. The molecular weight excluding hydrogens is 276 g/mol. The number of carbonyl (C=O) groups excluding carboxylic acids is 2. The summed E-state index contributed by atoms with van der Waals surface area (Å²) in [5.41, 5.74) is 0. The first-order valence-electron chi connectivity index (χ1n) is 7.44. The van der Waals surface area contributed by atoms with Gasteiger partial charge in [-0.2, -0.15) is 0 Å². The molecule has 1 unspecified atom stereocenters. The van der Waals surface area contributed by atoms with E-state index in [1.54, 1.807) is 0 Å². The predicted molar refractivity (Wildman–Crippen MR) is 76.8 cm³/mol. The first-order valence-corrected chi connectivity index (χ1v) is 7.44. The number of ether oxygens (including phenoxy) is 2. The van der Waals surface area contributed by atoms with Crippen molar-refractivity contribution in [2.24, 2.45) is 0 Å². The Morgan fingerprint density at radius 2 is 1.48 bits per heavy atom. The number of hydrogen-bond donors (Lipinski definition) is 1. The molecule has 21 heavy (non-hydrogen) atoms. The molecule has 0 saturated carbocycles. The van der Waals surface area contributed by atoms with E-state index in [2.05, 4.69) is 0 Å². The van der Waals surface area contributed by atoms with E-state index in [-0.39, 0.29) is 31.1 Å². The van der Waals surface area contributed by atoms with Gasteiger partial charge in [0.05, 0.1) is 0 Å². The SMILES string of the molecule is CC(=O)OCC(CCCCCCCCC(=O)O)OC(C)=O. The van der Waals surface area contributed by atoms with Gasteiger partial charge in [0, 0.05) is 20.3 Å². The van der Waals surface area contributed by atoms with Crippen LogP contribution in [-0.4, -0.2) is 35.7 Å². The van der Waals surface area contributed by atoms with Gasteiger partial charge in [-0.1, -0.05) is 25.7 Å². The van der Waals surface area contributed by atoms with Crippen LogP contribution in [-0.2, 0) is 23.9 Å². The smallest absolute Gasteiger partial charge is 0.303 e. The predicted octanol–water partition coefficient (Wildman–Crippen LogP) is 2.69. The van der Waals surface area contributed by atoms with Crippen LogP contribution in [0, 0.1) is 0 Å². The molecule has 0 aliphatic rings. The number of hydrogen-bond acceptors (Lipinski definition) is 5. The molecule has 0 radical (unpaired) electrons. The molecule has 0 spiro atoms. The molecule has 0 fully saturated rings. The molecule has 6 heteroatoms. The van der Waals surface area contributed by atoms with Gasteiger partial charge in [-0.3, -0.25) is 14.4 Å². The number of carbonyl (C=O) groups is 3. The highest BCUT2D eigenvalue weighted by Crippen LogP contribution is 2.12. The molecule has 0 aliphatic heterocycles. The lowest BCUT2D eigenvalue weighted by Crippen LogP contribution is -2.23. The number of carboxylic acids is 1. The average Bonchev–Trinajstić information content (AvgIpc) is 2.37. The van der Waals surface area contributed by atoms with Crippen LogP contribution in [0.1, 0.15) is 65.2 Å². The van der Waals surface area contributed by atoms with Gasteiger partial charge in [-0.05, 0) is 19.3 Å². The van der Waals surface area contributed by atoms with E-state index in [9.17, 15) is 14.4 Å². The largest absolute Gasteiger partial charge is 0.481 e. The lowest BCUT2D eigenvalue weighted by Gasteiger charge is -2.16. The van der Waals surface area contributed by atoms with Crippen molar-refractivity contribution in [1.82, 2.24) is 0 Å². The minimum Gasteiger partial charge on any atom is -0.481 e. The summed E-state index contributed by atoms with van der Waals surface area (Å²) in [6.07, 6.45) is 6.08. The third kappa shape index (κ3) is 14.6. The maximum Gasteiger partial charge on any atom is 0.303 e. The van der Waals surface area contributed by atoms with Crippen molar-refractivity contribution in [2.45, 2.75) is 71.3 Å². The second-order valence-corrected chi connectivity index (χ2v) is 5.09. The Hall–Kier alpha value is -1.59. The average molecular weight is 302 g/mol. The summed E-state index contributed by atoms with van der Waals surface area (Å²) < 4.78 is 9.96. The fourth-order valence-corrected chi connectivity index (χ4v) is 1.98. The van der Waals surface area contributed by atoms with Crippen molar-refractivity contribution in [3.8, 4) is 0 Å². The van der Waals surface area contributed by atoms with Crippen molar-refractivity contribution in [3.05, 3.63) is 0 Å². The third-order valence-electron chi connectivity index (χ3n) is 2.97. The number of esters is 2. The Morgan fingerprint density at radius 1 is 0.905 bits per heavy atom. The molecule has 6 nitrogen and oxygen atoms in total. The second-order valence-electron chi connectivity index (χ2n) is 5.09. The van der Waals surface area contributed by atoms with Crippen molar-refractivity contribution >= 4 is 17.9 Å². The van der Waals surface area contributed by atoms with Crippen molar-refractivity contribution < 1.29 is 29.0 Å². The Balaban J connectivity index is 3.64.